The number of hydrogen-bond donors (Lipinski definition) is 1. The van der Waals surface area contributed by atoms with E-state index in [1.54, 1.807) is 4.90 Å². The molecule has 35 heavy (non-hydrogen) atoms. The quantitative estimate of drug-likeness (QED) is 0.493. The van der Waals surface area contributed by atoms with Crippen molar-refractivity contribution in [3.05, 3.63) is 76.3 Å². The van der Waals surface area contributed by atoms with Gasteiger partial charge in [0, 0.05) is 10.9 Å². The summed E-state index contributed by atoms with van der Waals surface area (Å²) in [6, 6.07) is 15.6. The van der Waals surface area contributed by atoms with Crippen molar-refractivity contribution >= 4 is 17.7 Å². The van der Waals surface area contributed by atoms with Crippen LogP contribution in [0.2, 0.25) is 5.02 Å². The SMILES string of the molecule is CC(C)(C)OC(=O)N1Cc2cc(Cl)ccc2-n2c(nnc2C2CCC(O)(c3ccccc3)CC2)C1. The van der Waals surface area contributed by atoms with Crippen LogP contribution in [0.3, 0.4) is 0 Å². The molecule has 2 aliphatic rings. The van der Waals surface area contributed by atoms with Crippen molar-refractivity contribution in [2.45, 2.75) is 76.7 Å². The molecule has 184 valence electrons. The molecule has 1 saturated carbocycles. The van der Waals surface area contributed by atoms with Crippen molar-refractivity contribution < 1.29 is 14.6 Å². The summed E-state index contributed by atoms with van der Waals surface area (Å²) >= 11 is 6.34. The Kier molecular flexibility index (Phi) is 6.09. The van der Waals surface area contributed by atoms with Crippen LogP contribution in [0.25, 0.3) is 5.69 Å². The summed E-state index contributed by atoms with van der Waals surface area (Å²) < 4.78 is 7.73. The van der Waals surface area contributed by atoms with Gasteiger partial charge in [-0.05, 0) is 75.8 Å². The molecule has 8 heteroatoms. The first-order chi connectivity index (χ1) is 16.6. The summed E-state index contributed by atoms with van der Waals surface area (Å²) in [4.78, 5) is 14.6. The summed E-state index contributed by atoms with van der Waals surface area (Å²) in [6.45, 7) is 6.22. The van der Waals surface area contributed by atoms with Gasteiger partial charge < -0.3 is 9.84 Å². The highest BCUT2D eigenvalue weighted by Crippen LogP contribution is 2.44. The van der Waals surface area contributed by atoms with Crippen LogP contribution >= 0.6 is 11.6 Å². The van der Waals surface area contributed by atoms with Gasteiger partial charge in [0.2, 0.25) is 0 Å². The molecule has 0 bridgehead atoms. The number of benzene rings is 2. The minimum atomic E-state index is -0.821. The Bertz CT molecular complexity index is 1230. The number of aromatic nitrogens is 3. The molecule has 0 spiro atoms. The molecule has 0 unspecified atom stereocenters. The van der Waals surface area contributed by atoms with Crippen molar-refractivity contribution in [1.29, 1.82) is 0 Å². The Morgan fingerprint density at radius 3 is 2.49 bits per heavy atom. The molecule has 2 aromatic carbocycles. The van der Waals surface area contributed by atoms with Gasteiger partial charge in [-0.2, -0.15) is 0 Å². The maximum absolute atomic E-state index is 13.0. The van der Waals surface area contributed by atoms with Gasteiger partial charge >= 0.3 is 6.09 Å². The van der Waals surface area contributed by atoms with Gasteiger partial charge in [0.1, 0.15) is 11.4 Å². The van der Waals surface area contributed by atoms with Gasteiger partial charge in [-0.3, -0.25) is 9.47 Å². The first-order valence-corrected chi connectivity index (χ1v) is 12.5. The molecule has 1 fully saturated rings. The monoisotopic (exact) mass is 494 g/mol. The lowest BCUT2D eigenvalue weighted by Gasteiger charge is -2.36. The van der Waals surface area contributed by atoms with Crippen molar-refractivity contribution in [2.24, 2.45) is 0 Å². The highest BCUT2D eigenvalue weighted by molar-refractivity contribution is 6.30. The number of hydrogen-bond acceptors (Lipinski definition) is 5. The standard InChI is InChI=1S/C27H31ClN4O3/c1-26(2,3)35-25(33)31-16-19-15-21(28)9-10-22(19)32-23(17-31)29-30-24(32)18-11-13-27(34,14-12-18)20-7-5-4-6-8-20/h4-10,15,18,34H,11-14,16-17H2,1-3H3. The molecule has 2 heterocycles. The third-order valence-corrected chi connectivity index (χ3v) is 7.11. The average Bonchev–Trinajstić information content (AvgIpc) is 3.14. The molecule has 0 radical (unpaired) electrons. The molecule has 1 aliphatic heterocycles. The number of aliphatic hydroxyl groups is 1. The lowest BCUT2D eigenvalue weighted by atomic mass is 9.75. The number of fused-ring (bicyclic) bond motifs is 3. The Hall–Kier alpha value is -2.90. The molecule has 1 N–H and O–H groups in total. The summed E-state index contributed by atoms with van der Waals surface area (Å²) in [5.74, 6) is 1.71. The number of carbonyl (C=O) groups excluding carboxylic acids is 1. The molecule has 3 aromatic rings. The Balaban J connectivity index is 1.46. The second-order valence-corrected chi connectivity index (χ2v) is 11.0. The lowest BCUT2D eigenvalue weighted by Crippen LogP contribution is -2.35. The Labute approximate surface area is 210 Å². The van der Waals surface area contributed by atoms with Crippen molar-refractivity contribution in [3.63, 3.8) is 0 Å². The van der Waals surface area contributed by atoms with Crippen molar-refractivity contribution in [3.8, 4) is 5.69 Å². The second-order valence-electron chi connectivity index (χ2n) is 10.6. The summed E-state index contributed by atoms with van der Waals surface area (Å²) in [6.07, 6.45) is 2.50. The zero-order valence-corrected chi connectivity index (χ0v) is 21.1. The number of rotatable bonds is 2. The minimum Gasteiger partial charge on any atom is -0.444 e. The fraction of sp³-hybridized carbons (Fsp3) is 0.444. The van der Waals surface area contributed by atoms with E-state index in [9.17, 15) is 9.90 Å². The molecule has 7 nitrogen and oxygen atoms in total. The number of carbonyl (C=O) groups is 1. The number of amides is 1. The first kappa shape index (κ1) is 23.8. The van der Waals surface area contributed by atoms with Gasteiger partial charge in [-0.1, -0.05) is 41.9 Å². The first-order valence-electron chi connectivity index (χ1n) is 12.1. The van der Waals surface area contributed by atoms with Crippen molar-refractivity contribution in [2.75, 3.05) is 0 Å². The Morgan fingerprint density at radius 2 is 1.80 bits per heavy atom. The van der Waals surface area contributed by atoms with Crippen LogP contribution in [0.5, 0.6) is 0 Å². The molecule has 0 atom stereocenters. The summed E-state index contributed by atoms with van der Waals surface area (Å²) in [5, 5.41) is 21.0. The van der Waals surface area contributed by atoms with Crippen LogP contribution < -0.4 is 0 Å². The third kappa shape index (κ3) is 4.80. The number of ether oxygens (including phenoxy) is 1. The summed E-state index contributed by atoms with van der Waals surface area (Å²) in [5.41, 5.74) is 1.39. The van der Waals surface area contributed by atoms with Crippen LogP contribution in [-0.2, 0) is 23.4 Å². The number of halogens is 1. The van der Waals surface area contributed by atoms with E-state index in [1.807, 2.05) is 69.3 Å². The van der Waals surface area contributed by atoms with E-state index in [4.69, 9.17) is 16.3 Å². The second kappa shape index (κ2) is 8.95. The van der Waals surface area contributed by atoms with E-state index in [0.717, 1.165) is 35.5 Å². The molecule has 1 amide bonds. The van der Waals surface area contributed by atoms with E-state index in [-0.39, 0.29) is 12.5 Å². The smallest absolute Gasteiger partial charge is 0.411 e. The van der Waals surface area contributed by atoms with Crippen molar-refractivity contribution in [1.82, 2.24) is 19.7 Å². The predicted octanol–water partition coefficient (Wildman–Crippen LogP) is 5.72. The molecular formula is C27H31ClN4O3. The summed E-state index contributed by atoms with van der Waals surface area (Å²) in [7, 11) is 0. The highest BCUT2D eigenvalue weighted by Gasteiger charge is 2.38. The van der Waals surface area contributed by atoms with Gasteiger partial charge in [-0.15, -0.1) is 10.2 Å². The van der Waals surface area contributed by atoms with E-state index < -0.39 is 17.3 Å². The van der Waals surface area contributed by atoms with E-state index in [0.29, 0.717) is 30.2 Å². The van der Waals surface area contributed by atoms with Gasteiger partial charge in [-0.25, -0.2) is 4.79 Å². The molecular weight excluding hydrogens is 464 g/mol. The molecule has 1 aliphatic carbocycles. The van der Waals surface area contributed by atoms with Gasteiger partial charge in [0.15, 0.2) is 5.82 Å². The largest absolute Gasteiger partial charge is 0.444 e. The van der Waals surface area contributed by atoms with E-state index in [2.05, 4.69) is 14.8 Å². The topological polar surface area (TPSA) is 80.5 Å². The Morgan fingerprint density at radius 1 is 1.09 bits per heavy atom. The van der Waals surface area contributed by atoms with Crippen LogP contribution in [0.4, 0.5) is 4.79 Å². The zero-order chi connectivity index (χ0) is 24.8. The third-order valence-electron chi connectivity index (χ3n) is 6.87. The fourth-order valence-corrected chi connectivity index (χ4v) is 5.33. The van der Waals surface area contributed by atoms with Crippen LogP contribution in [0, 0.1) is 0 Å². The zero-order valence-electron chi connectivity index (χ0n) is 20.4. The van der Waals surface area contributed by atoms with Gasteiger partial charge in [0.25, 0.3) is 0 Å². The van der Waals surface area contributed by atoms with E-state index >= 15 is 0 Å². The van der Waals surface area contributed by atoms with Crippen LogP contribution in [0.15, 0.2) is 48.5 Å². The lowest BCUT2D eigenvalue weighted by molar-refractivity contribution is -0.00649. The molecule has 5 rings (SSSR count). The average molecular weight is 495 g/mol. The maximum Gasteiger partial charge on any atom is 0.411 e. The molecule has 0 saturated heterocycles. The normalized spacial score (nSPS) is 22.2. The van der Waals surface area contributed by atoms with E-state index in [1.165, 1.54) is 0 Å². The predicted molar refractivity (Wildman–Crippen MR) is 133 cm³/mol. The maximum atomic E-state index is 13.0. The molecule has 1 aromatic heterocycles. The fourth-order valence-electron chi connectivity index (χ4n) is 5.14. The van der Waals surface area contributed by atoms with Crippen LogP contribution in [-0.4, -0.2) is 36.5 Å². The highest BCUT2D eigenvalue weighted by atomic mass is 35.5. The number of nitrogens with zero attached hydrogens (tertiary/aromatic N) is 4. The minimum absolute atomic E-state index is 0.150. The van der Waals surface area contributed by atoms with Gasteiger partial charge in [0.05, 0.1) is 24.4 Å². The van der Waals surface area contributed by atoms with Crippen LogP contribution in [0.1, 0.15) is 75.1 Å².